The maximum atomic E-state index is 11.8. The Labute approximate surface area is 143 Å². The molecule has 0 aliphatic carbocycles. The summed E-state index contributed by atoms with van der Waals surface area (Å²) in [4.78, 5) is 23.4. The maximum Gasteiger partial charge on any atom is 0.235 e. The van der Waals surface area contributed by atoms with Gasteiger partial charge in [0, 0.05) is 12.6 Å². The van der Waals surface area contributed by atoms with Crippen molar-refractivity contribution in [2.24, 2.45) is 0 Å². The maximum absolute atomic E-state index is 11.8. The van der Waals surface area contributed by atoms with Gasteiger partial charge in [0.25, 0.3) is 0 Å². The van der Waals surface area contributed by atoms with Crippen LogP contribution >= 0.6 is 11.8 Å². The largest absolute Gasteiger partial charge is 0.360 e. The van der Waals surface area contributed by atoms with E-state index in [0.29, 0.717) is 23.7 Å². The fourth-order valence-electron chi connectivity index (χ4n) is 1.84. The first-order valence-corrected chi connectivity index (χ1v) is 8.29. The van der Waals surface area contributed by atoms with Crippen molar-refractivity contribution in [3.8, 4) is 6.07 Å². The highest BCUT2D eigenvalue weighted by Gasteiger charge is 2.08. The van der Waals surface area contributed by atoms with E-state index < -0.39 is 0 Å². The molecule has 0 atom stereocenters. The lowest BCUT2D eigenvalue weighted by Crippen LogP contribution is -2.25. The first kappa shape index (κ1) is 17.6. The summed E-state index contributed by atoms with van der Waals surface area (Å²) in [5.41, 5.74) is 1.41. The van der Waals surface area contributed by atoms with E-state index in [1.165, 1.54) is 11.8 Å². The van der Waals surface area contributed by atoms with Gasteiger partial charge in [-0.05, 0) is 24.6 Å². The molecule has 24 heavy (non-hydrogen) atoms. The zero-order valence-electron chi connectivity index (χ0n) is 13.0. The minimum atomic E-state index is -0.247. The molecule has 1 aromatic heterocycles. The van der Waals surface area contributed by atoms with Crippen LogP contribution in [0.25, 0.3) is 0 Å². The fraction of sp³-hybridized carbons (Fsp3) is 0.250. The van der Waals surface area contributed by atoms with Gasteiger partial charge in [-0.2, -0.15) is 5.26 Å². The molecular formula is C16H16N4O3S. The average Bonchev–Trinajstić information content (AvgIpc) is 2.98. The summed E-state index contributed by atoms with van der Waals surface area (Å²) in [5, 5.41) is 17.8. The molecule has 0 saturated heterocycles. The number of carbonyl (C=O) groups excluding carboxylic acids is 2. The van der Waals surface area contributed by atoms with Gasteiger partial charge < -0.3 is 15.2 Å². The third kappa shape index (κ3) is 5.78. The second kappa shape index (κ2) is 8.74. The van der Waals surface area contributed by atoms with Crippen molar-refractivity contribution in [2.45, 2.75) is 13.5 Å². The summed E-state index contributed by atoms with van der Waals surface area (Å²) in [6.07, 6.45) is 0. The molecule has 0 saturated carbocycles. The average molecular weight is 344 g/mol. The molecular weight excluding hydrogens is 328 g/mol. The Morgan fingerprint density at radius 1 is 1.29 bits per heavy atom. The second-order valence-electron chi connectivity index (χ2n) is 4.95. The van der Waals surface area contributed by atoms with Crippen molar-refractivity contribution < 1.29 is 14.1 Å². The van der Waals surface area contributed by atoms with E-state index in [2.05, 4.69) is 21.9 Å². The molecule has 0 radical (unpaired) electrons. The molecule has 1 aromatic carbocycles. The Morgan fingerprint density at radius 3 is 2.79 bits per heavy atom. The van der Waals surface area contributed by atoms with Crippen LogP contribution in [-0.4, -0.2) is 28.5 Å². The van der Waals surface area contributed by atoms with Gasteiger partial charge in [-0.15, -0.1) is 11.8 Å². The molecule has 0 aliphatic rings. The number of nitriles is 1. The third-order valence-corrected chi connectivity index (χ3v) is 3.84. The van der Waals surface area contributed by atoms with Crippen molar-refractivity contribution in [2.75, 3.05) is 16.8 Å². The van der Waals surface area contributed by atoms with Crippen LogP contribution in [0.3, 0.4) is 0 Å². The summed E-state index contributed by atoms with van der Waals surface area (Å²) >= 11 is 1.20. The molecule has 0 unspecified atom stereocenters. The van der Waals surface area contributed by atoms with Gasteiger partial charge in [-0.25, -0.2) is 0 Å². The lowest BCUT2D eigenvalue weighted by atomic mass is 10.1. The minimum absolute atomic E-state index is 0.142. The van der Waals surface area contributed by atoms with Gasteiger partial charge in [0.05, 0.1) is 23.1 Å². The highest BCUT2D eigenvalue weighted by atomic mass is 32.2. The summed E-state index contributed by atoms with van der Waals surface area (Å²) in [7, 11) is 0. The van der Waals surface area contributed by atoms with E-state index >= 15 is 0 Å². The molecule has 8 heteroatoms. The lowest BCUT2D eigenvalue weighted by Gasteiger charge is -2.05. The smallest absolute Gasteiger partial charge is 0.235 e. The Kier molecular flexibility index (Phi) is 6.40. The van der Waals surface area contributed by atoms with Crippen molar-refractivity contribution in [3.05, 3.63) is 47.2 Å². The van der Waals surface area contributed by atoms with Gasteiger partial charge in [0.15, 0.2) is 5.82 Å². The predicted molar refractivity (Wildman–Crippen MR) is 90.2 cm³/mol. The molecule has 0 spiro atoms. The number of benzene rings is 1. The molecule has 124 valence electrons. The van der Waals surface area contributed by atoms with Gasteiger partial charge in [-0.1, -0.05) is 17.3 Å². The molecule has 0 fully saturated rings. The Morgan fingerprint density at radius 2 is 2.08 bits per heavy atom. The highest BCUT2D eigenvalue weighted by Crippen LogP contribution is 2.08. The molecule has 2 aromatic rings. The van der Waals surface area contributed by atoms with Crippen LogP contribution in [0.5, 0.6) is 0 Å². The van der Waals surface area contributed by atoms with Crippen LogP contribution in [0, 0.1) is 18.3 Å². The molecule has 0 aliphatic heterocycles. The second-order valence-corrected chi connectivity index (χ2v) is 5.94. The fourth-order valence-corrected chi connectivity index (χ4v) is 2.49. The normalized spacial score (nSPS) is 10.0. The number of rotatable bonds is 7. The molecule has 7 nitrogen and oxygen atoms in total. The standard InChI is InChI=1S/C16H16N4O3S/c1-11-5-14(20-23-11)19-16(22)10-24-9-15(21)18-8-13-4-2-3-12(6-13)7-17/h2-6H,8-10H2,1H3,(H,18,21)(H,19,20,22). The topological polar surface area (TPSA) is 108 Å². The van der Waals surface area contributed by atoms with Crippen molar-refractivity contribution >= 4 is 29.4 Å². The first-order valence-electron chi connectivity index (χ1n) is 7.13. The highest BCUT2D eigenvalue weighted by molar-refractivity contribution is 8.00. The van der Waals surface area contributed by atoms with Crippen molar-refractivity contribution in [1.29, 1.82) is 5.26 Å². The number of carbonyl (C=O) groups is 2. The van der Waals surface area contributed by atoms with E-state index in [-0.39, 0.29) is 23.3 Å². The van der Waals surface area contributed by atoms with Crippen LogP contribution in [-0.2, 0) is 16.1 Å². The quantitative estimate of drug-likeness (QED) is 0.793. The molecule has 1 heterocycles. The SMILES string of the molecule is Cc1cc(NC(=O)CSCC(=O)NCc2cccc(C#N)c2)no1. The monoisotopic (exact) mass is 344 g/mol. The number of thioether (sulfide) groups is 1. The van der Waals surface area contributed by atoms with Crippen LogP contribution in [0.2, 0.25) is 0 Å². The summed E-state index contributed by atoms with van der Waals surface area (Å²) < 4.78 is 4.84. The number of nitrogens with zero attached hydrogens (tertiary/aromatic N) is 2. The number of hydrogen-bond donors (Lipinski definition) is 2. The van der Waals surface area contributed by atoms with Crippen LogP contribution in [0.1, 0.15) is 16.9 Å². The Hall–Kier alpha value is -2.79. The zero-order chi connectivity index (χ0) is 17.4. The Bertz CT molecular complexity index is 767. The van der Waals surface area contributed by atoms with E-state index in [4.69, 9.17) is 9.78 Å². The molecule has 2 rings (SSSR count). The van der Waals surface area contributed by atoms with Crippen molar-refractivity contribution in [3.63, 3.8) is 0 Å². The van der Waals surface area contributed by atoms with Gasteiger partial charge in [-0.3, -0.25) is 9.59 Å². The minimum Gasteiger partial charge on any atom is -0.360 e. The van der Waals surface area contributed by atoms with Crippen LogP contribution in [0.15, 0.2) is 34.9 Å². The number of aromatic nitrogens is 1. The van der Waals surface area contributed by atoms with E-state index in [1.54, 1.807) is 31.2 Å². The van der Waals surface area contributed by atoms with E-state index in [1.807, 2.05) is 6.07 Å². The summed E-state index contributed by atoms with van der Waals surface area (Å²) in [5.74, 6) is 0.861. The van der Waals surface area contributed by atoms with Gasteiger partial charge in [0.1, 0.15) is 5.76 Å². The number of hydrogen-bond acceptors (Lipinski definition) is 6. The van der Waals surface area contributed by atoms with Gasteiger partial charge >= 0.3 is 0 Å². The number of anilines is 1. The third-order valence-electron chi connectivity index (χ3n) is 2.91. The summed E-state index contributed by atoms with van der Waals surface area (Å²) in [6.45, 7) is 2.08. The van der Waals surface area contributed by atoms with Crippen molar-refractivity contribution in [1.82, 2.24) is 10.5 Å². The lowest BCUT2D eigenvalue weighted by molar-refractivity contribution is -0.118. The molecule has 0 bridgehead atoms. The van der Waals surface area contributed by atoms with E-state index in [9.17, 15) is 9.59 Å². The van der Waals surface area contributed by atoms with Crippen LogP contribution in [0.4, 0.5) is 5.82 Å². The zero-order valence-corrected chi connectivity index (χ0v) is 13.9. The molecule has 2 amide bonds. The predicted octanol–water partition coefficient (Wildman–Crippen LogP) is 1.84. The number of amides is 2. The molecule has 2 N–H and O–H groups in total. The number of nitrogens with one attached hydrogen (secondary N) is 2. The number of aryl methyl sites for hydroxylation is 1. The van der Waals surface area contributed by atoms with E-state index in [0.717, 1.165) is 5.56 Å². The van der Waals surface area contributed by atoms with Gasteiger partial charge in [0.2, 0.25) is 11.8 Å². The Balaban J connectivity index is 1.66. The van der Waals surface area contributed by atoms with Crippen LogP contribution < -0.4 is 10.6 Å². The summed E-state index contributed by atoms with van der Waals surface area (Å²) in [6, 6.07) is 10.7. The first-order chi connectivity index (χ1) is 11.6.